The van der Waals surface area contributed by atoms with Gasteiger partial charge in [-0.2, -0.15) is 13.2 Å². The van der Waals surface area contributed by atoms with E-state index in [-0.39, 0.29) is 12.2 Å². The van der Waals surface area contributed by atoms with Gasteiger partial charge in [0.15, 0.2) is 0 Å². The third-order valence-corrected chi connectivity index (χ3v) is 2.34. The van der Waals surface area contributed by atoms with Gasteiger partial charge in [-0.05, 0) is 12.1 Å². The number of alkyl halides is 3. The summed E-state index contributed by atoms with van der Waals surface area (Å²) >= 11 is 0. The Balaban J connectivity index is 2.82. The Morgan fingerprint density at radius 2 is 2.11 bits per heavy atom. The predicted molar refractivity (Wildman–Crippen MR) is 58.9 cm³/mol. The van der Waals surface area contributed by atoms with Crippen LogP contribution in [0.15, 0.2) is 18.3 Å². The maximum Gasteiger partial charge on any atom is 0.416 e. The average molecular weight is 278 g/mol. The number of nitrogens with one attached hydrogen (secondary N) is 1. The molecule has 1 heterocycles. The van der Waals surface area contributed by atoms with Gasteiger partial charge < -0.3 is 15.5 Å². The molecule has 0 aromatic carbocycles. The normalized spacial score (nSPS) is 14.8. The molecule has 19 heavy (non-hydrogen) atoms. The Morgan fingerprint density at radius 1 is 1.47 bits per heavy atom. The first-order valence-corrected chi connectivity index (χ1v) is 5.35. The van der Waals surface area contributed by atoms with Crippen LogP contribution in [0.3, 0.4) is 0 Å². The fourth-order valence-electron chi connectivity index (χ4n) is 1.34. The van der Waals surface area contributed by atoms with Gasteiger partial charge in [-0.1, -0.05) is 0 Å². The Labute approximate surface area is 107 Å². The molecule has 1 aromatic heterocycles. The molecule has 1 rings (SSSR count). The molecule has 0 radical (unpaired) electrons. The summed E-state index contributed by atoms with van der Waals surface area (Å²) in [5, 5.41) is 21.4. The predicted octanol–water partition coefficient (Wildman–Crippen LogP) is 0.631. The third kappa shape index (κ3) is 4.49. The molecule has 0 saturated carbocycles. The molecular weight excluding hydrogens is 265 g/mol. The van der Waals surface area contributed by atoms with Crippen molar-refractivity contribution < 1.29 is 28.2 Å². The zero-order chi connectivity index (χ0) is 14.6. The van der Waals surface area contributed by atoms with Crippen molar-refractivity contribution in [3.05, 3.63) is 29.6 Å². The first-order valence-electron chi connectivity index (χ1n) is 5.35. The first-order chi connectivity index (χ1) is 8.71. The number of pyridine rings is 1. The number of carbonyl (C=O) groups excluding carboxylic acids is 1. The van der Waals surface area contributed by atoms with Gasteiger partial charge in [0.25, 0.3) is 0 Å². The molecule has 0 bridgehead atoms. The number of nitrogens with zero attached hydrogens (tertiary/aromatic N) is 1. The van der Waals surface area contributed by atoms with Crippen LogP contribution in [0.1, 0.15) is 24.3 Å². The molecule has 106 valence electrons. The van der Waals surface area contributed by atoms with E-state index in [1.54, 1.807) is 0 Å². The minimum atomic E-state index is -4.56. The van der Waals surface area contributed by atoms with E-state index < -0.39 is 29.9 Å². The van der Waals surface area contributed by atoms with Gasteiger partial charge in [0.05, 0.1) is 11.3 Å². The molecule has 0 fully saturated rings. The number of carbonyl (C=O) groups is 1. The van der Waals surface area contributed by atoms with E-state index in [0.29, 0.717) is 6.07 Å². The van der Waals surface area contributed by atoms with Gasteiger partial charge in [0.1, 0.15) is 12.2 Å². The van der Waals surface area contributed by atoms with Gasteiger partial charge >= 0.3 is 6.18 Å². The molecule has 1 amide bonds. The van der Waals surface area contributed by atoms with Gasteiger partial charge in [-0.25, -0.2) is 0 Å². The Kier molecular flexibility index (Phi) is 4.84. The smallest absolute Gasteiger partial charge is 0.388 e. The van der Waals surface area contributed by atoms with Crippen molar-refractivity contribution in [3.8, 4) is 0 Å². The Morgan fingerprint density at radius 3 is 2.63 bits per heavy atom. The highest BCUT2D eigenvalue weighted by Gasteiger charge is 2.32. The van der Waals surface area contributed by atoms with Crippen molar-refractivity contribution in [2.75, 3.05) is 6.54 Å². The van der Waals surface area contributed by atoms with E-state index in [4.69, 9.17) is 0 Å². The maximum atomic E-state index is 12.5. The lowest BCUT2D eigenvalue weighted by Gasteiger charge is -2.18. The van der Waals surface area contributed by atoms with Crippen LogP contribution in [0.4, 0.5) is 13.2 Å². The number of aromatic nitrogens is 1. The number of hydrogen-bond acceptors (Lipinski definition) is 4. The number of halogens is 3. The van der Waals surface area contributed by atoms with Crippen molar-refractivity contribution in [2.24, 2.45) is 0 Å². The van der Waals surface area contributed by atoms with Crippen molar-refractivity contribution in [1.29, 1.82) is 0 Å². The highest BCUT2D eigenvalue weighted by molar-refractivity contribution is 5.72. The SMILES string of the molecule is CC(=O)NCC(O)C(O)c1cc(C(F)(F)F)ccn1. The molecule has 2 atom stereocenters. The Hall–Kier alpha value is -1.67. The monoisotopic (exact) mass is 278 g/mol. The van der Waals surface area contributed by atoms with Crippen LogP contribution in [0.5, 0.6) is 0 Å². The lowest BCUT2D eigenvalue weighted by Crippen LogP contribution is -2.34. The van der Waals surface area contributed by atoms with Crippen LogP contribution >= 0.6 is 0 Å². The van der Waals surface area contributed by atoms with Crippen LogP contribution < -0.4 is 5.32 Å². The molecule has 0 spiro atoms. The fourth-order valence-corrected chi connectivity index (χ4v) is 1.34. The topological polar surface area (TPSA) is 82.5 Å². The van der Waals surface area contributed by atoms with Crippen molar-refractivity contribution in [1.82, 2.24) is 10.3 Å². The lowest BCUT2D eigenvalue weighted by atomic mass is 10.1. The number of aliphatic hydroxyl groups excluding tert-OH is 2. The molecule has 0 aliphatic carbocycles. The molecule has 0 saturated heterocycles. The van der Waals surface area contributed by atoms with Gasteiger partial charge in [0, 0.05) is 19.7 Å². The molecular formula is C11H13F3N2O3. The lowest BCUT2D eigenvalue weighted by molar-refractivity contribution is -0.137. The van der Waals surface area contributed by atoms with Crippen LogP contribution in [0, 0.1) is 0 Å². The first kappa shape index (κ1) is 15.4. The summed E-state index contributed by atoms with van der Waals surface area (Å²) in [7, 11) is 0. The van der Waals surface area contributed by atoms with E-state index >= 15 is 0 Å². The number of rotatable bonds is 4. The van der Waals surface area contributed by atoms with E-state index in [1.807, 2.05) is 0 Å². The highest BCUT2D eigenvalue weighted by Crippen LogP contribution is 2.30. The van der Waals surface area contributed by atoms with E-state index in [1.165, 1.54) is 6.92 Å². The number of hydrogen-bond donors (Lipinski definition) is 3. The quantitative estimate of drug-likeness (QED) is 0.754. The van der Waals surface area contributed by atoms with Crippen LogP contribution in [-0.2, 0) is 11.0 Å². The molecule has 0 aliphatic rings. The molecule has 0 aliphatic heterocycles. The largest absolute Gasteiger partial charge is 0.416 e. The second-order valence-corrected chi connectivity index (χ2v) is 3.92. The van der Waals surface area contributed by atoms with E-state index in [2.05, 4.69) is 10.3 Å². The molecule has 3 N–H and O–H groups in total. The second-order valence-electron chi connectivity index (χ2n) is 3.92. The Bertz CT molecular complexity index is 451. The summed E-state index contributed by atoms with van der Waals surface area (Å²) in [6, 6.07) is 1.41. The van der Waals surface area contributed by atoms with Crippen molar-refractivity contribution in [3.63, 3.8) is 0 Å². The zero-order valence-electron chi connectivity index (χ0n) is 9.98. The van der Waals surface area contributed by atoms with Crippen LogP contribution in [0.2, 0.25) is 0 Å². The van der Waals surface area contributed by atoms with Gasteiger partial charge in [-0.15, -0.1) is 0 Å². The highest BCUT2D eigenvalue weighted by atomic mass is 19.4. The zero-order valence-corrected chi connectivity index (χ0v) is 9.98. The van der Waals surface area contributed by atoms with Crippen molar-refractivity contribution in [2.45, 2.75) is 25.3 Å². The maximum absolute atomic E-state index is 12.5. The minimum absolute atomic E-state index is 0.283. The minimum Gasteiger partial charge on any atom is -0.388 e. The molecule has 8 heteroatoms. The van der Waals surface area contributed by atoms with Gasteiger partial charge in [0.2, 0.25) is 5.91 Å². The molecule has 5 nitrogen and oxygen atoms in total. The molecule has 2 unspecified atom stereocenters. The van der Waals surface area contributed by atoms with Crippen LogP contribution in [-0.4, -0.2) is 33.8 Å². The van der Waals surface area contributed by atoms with Gasteiger partial charge in [-0.3, -0.25) is 9.78 Å². The standard InChI is InChI=1S/C11H13F3N2O3/c1-6(17)16-5-9(18)10(19)8-4-7(2-3-15-8)11(12,13)14/h2-4,9-10,18-19H,5H2,1H3,(H,16,17). The average Bonchev–Trinajstić information content (AvgIpc) is 2.34. The van der Waals surface area contributed by atoms with Crippen molar-refractivity contribution >= 4 is 5.91 Å². The summed E-state index contributed by atoms with van der Waals surface area (Å²) in [5.74, 6) is -0.428. The molecule has 1 aromatic rings. The van der Waals surface area contributed by atoms with E-state index in [0.717, 1.165) is 12.3 Å². The number of aliphatic hydroxyl groups is 2. The summed E-state index contributed by atoms with van der Waals surface area (Å²) in [4.78, 5) is 14.2. The van der Waals surface area contributed by atoms with Crippen LogP contribution in [0.25, 0.3) is 0 Å². The van der Waals surface area contributed by atoms with E-state index in [9.17, 15) is 28.2 Å². The third-order valence-electron chi connectivity index (χ3n) is 2.34. The number of amides is 1. The summed E-state index contributed by atoms with van der Waals surface area (Å²) in [6.45, 7) is 0.927. The summed E-state index contributed by atoms with van der Waals surface area (Å²) in [5.41, 5.74) is -1.28. The fraction of sp³-hybridized carbons (Fsp3) is 0.455. The summed E-state index contributed by atoms with van der Waals surface area (Å²) < 4.78 is 37.4. The second kappa shape index (κ2) is 5.98. The summed E-state index contributed by atoms with van der Waals surface area (Å²) in [6.07, 6.45) is -6.72.